The summed E-state index contributed by atoms with van der Waals surface area (Å²) in [5.41, 5.74) is 5.07. The number of nitrogens with one attached hydrogen (secondary N) is 2. The maximum absolute atomic E-state index is 11.7. The Kier molecular flexibility index (Phi) is 4.85. The molecule has 2 atom stereocenters. The summed E-state index contributed by atoms with van der Waals surface area (Å²) in [4.78, 5) is 11.7. The van der Waals surface area contributed by atoms with Gasteiger partial charge in [0.05, 0.1) is 24.5 Å². The Morgan fingerprint density at radius 3 is 3.08 bits per heavy atom. The van der Waals surface area contributed by atoms with E-state index in [0.29, 0.717) is 5.92 Å². The predicted molar refractivity (Wildman–Crippen MR) is 92.9 cm³/mol. The number of aliphatic hydroxyl groups excluding tert-OH is 1. The molecule has 1 aliphatic rings. The van der Waals surface area contributed by atoms with Crippen molar-refractivity contribution in [2.24, 2.45) is 0 Å². The molecular formula is C18H24N4O2. The first-order valence-corrected chi connectivity index (χ1v) is 8.34. The first-order valence-electron chi connectivity index (χ1n) is 8.34. The maximum Gasteiger partial charge on any atom is 0.241 e. The zero-order valence-corrected chi connectivity index (χ0v) is 14.1. The second-order valence-electron chi connectivity index (χ2n) is 6.41. The molecule has 1 aromatic carbocycles. The number of benzene rings is 1. The lowest BCUT2D eigenvalue weighted by Gasteiger charge is -2.14. The highest BCUT2D eigenvalue weighted by Crippen LogP contribution is 2.43. The molecule has 0 saturated heterocycles. The lowest BCUT2D eigenvalue weighted by atomic mass is 9.98. The average molecular weight is 328 g/mol. The zero-order chi connectivity index (χ0) is 17.1. The van der Waals surface area contributed by atoms with Crippen molar-refractivity contribution in [3.63, 3.8) is 0 Å². The topological polar surface area (TPSA) is 79.2 Å². The molecule has 0 bridgehead atoms. The fourth-order valence-corrected chi connectivity index (χ4v) is 3.54. The van der Waals surface area contributed by atoms with Gasteiger partial charge in [-0.2, -0.15) is 5.10 Å². The van der Waals surface area contributed by atoms with E-state index >= 15 is 0 Å². The Hall–Kier alpha value is -2.34. The quantitative estimate of drug-likeness (QED) is 0.757. The predicted octanol–water partition coefficient (Wildman–Crippen LogP) is 1.96. The molecule has 0 saturated carbocycles. The number of carbonyl (C=O) groups is 1. The van der Waals surface area contributed by atoms with Gasteiger partial charge in [-0.25, -0.2) is 0 Å². The van der Waals surface area contributed by atoms with Crippen LogP contribution in [0, 0.1) is 6.92 Å². The normalized spacial score (nSPS) is 19.1. The molecule has 24 heavy (non-hydrogen) atoms. The van der Waals surface area contributed by atoms with Crippen molar-refractivity contribution in [2.75, 3.05) is 18.5 Å². The van der Waals surface area contributed by atoms with Crippen LogP contribution in [-0.4, -0.2) is 33.9 Å². The van der Waals surface area contributed by atoms with Gasteiger partial charge in [0.15, 0.2) is 0 Å². The number of hydrogen-bond donors (Lipinski definition) is 3. The van der Waals surface area contributed by atoms with Crippen molar-refractivity contribution in [2.45, 2.75) is 38.8 Å². The molecule has 2 unspecified atom stereocenters. The van der Waals surface area contributed by atoms with Gasteiger partial charge in [0.2, 0.25) is 5.91 Å². The minimum Gasteiger partial charge on any atom is -0.395 e. The third-order valence-corrected chi connectivity index (χ3v) is 4.53. The number of aryl methyl sites for hydroxylation is 1. The minimum absolute atomic E-state index is 0.0592. The van der Waals surface area contributed by atoms with Crippen molar-refractivity contribution in [3.05, 3.63) is 47.3 Å². The number of carbonyl (C=O) groups excluding carboxylic acids is 1. The SMILES string of the molecule is Cc1cccc2c1C(C)CC2Nc1cnn(CC(=O)NCCO)c1. The Labute approximate surface area is 141 Å². The van der Waals surface area contributed by atoms with Crippen LogP contribution < -0.4 is 10.6 Å². The third-order valence-electron chi connectivity index (χ3n) is 4.53. The highest BCUT2D eigenvalue weighted by atomic mass is 16.3. The number of fused-ring (bicyclic) bond motifs is 1. The van der Waals surface area contributed by atoms with Crippen molar-refractivity contribution >= 4 is 11.6 Å². The lowest BCUT2D eigenvalue weighted by molar-refractivity contribution is -0.122. The van der Waals surface area contributed by atoms with Crippen LogP contribution in [0.3, 0.4) is 0 Å². The summed E-state index contributed by atoms with van der Waals surface area (Å²) in [6.07, 6.45) is 4.65. The van der Waals surface area contributed by atoms with E-state index in [2.05, 4.69) is 47.8 Å². The largest absolute Gasteiger partial charge is 0.395 e. The average Bonchev–Trinajstić information content (AvgIpc) is 3.11. The summed E-state index contributed by atoms with van der Waals surface area (Å²) in [6.45, 7) is 4.79. The summed E-state index contributed by atoms with van der Waals surface area (Å²) < 4.78 is 1.60. The fraction of sp³-hybridized carbons (Fsp3) is 0.444. The van der Waals surface area contributed by atoms with Gasteiger partial charge in [-0.15, -0.1) is 0 Å². The fourth-order valence-electron chi connectivity index (χ4n) is 3.54. The monoisotopic (exact) mass is 328 g/mol. The Morgan fingerprint density at radius 1 is 1.46 bits per heavy atom. The Morgan fingerprint density at radius 2 is 2.29 bits per heavy atom. The van der Waals surface area contributed by atoms with Crippen molar-refractivity contribution in [1.82, 2.24) is 15.1 Å². The number of hydrogen-bond acceptors (Lipinski definition) is 4. The summed E-state index contributed by atoms with van der Waals surface area (Å²) in [7, 11) is 0. The van der Waals surface area contributed by atoms with Crippen LogP contribution in [0.15, 0.2) is 30.6 Å². The van der Waals surface area contributed by atoms with Crippen LogP contribution in [0.2, 0.25) is 0 Å². The smallest absolute Gasteiger partial charge is 0.241 e. The van der Waals surface area contributed by atoms with Gasteiger partial charge in [0.25, 0.3) is 0 Å². The van der Waals surface area contributed by atoms with E-state index in [0.717, 1.165) is 12.1 Å². The van der Waals surface area contributed by atoms with Gasteiger partial charge in [-0.1, -0.05) is 25.1 Å². The van der Waals surface area contributed by atoms with Crippen LogP contribution >= 0.6 is 0 Å². The van der Waals surface area contributed by atoms with Crippen molar-refractivity contribution < 1.29 is 9.90 Å². The van der Waals surface area contributed by atoms with E-state index in [1.54, 1.807) is 10.9 Å². The Bertz CT molecular complexity index is 726. The summed E-state index contributed by atoms with van der Waals surface area (Å²) in [5, 5.41) is 19.1. The molecule has 1 aromatic heterocycles. The lowest BCUT2D eigenvalue weighted by Crippen LogP contribution is -2.30. The number of aromatic nitrogens is 2. The van der Waals surface area contributed by atoms with E-state index in [4.69, 9.17) is 5.11 Å². The van der Waals surface area contributed by atoms with Crippen molar-refractivity contribution in [1.29, 1.82) is 0 Å². The molecule has 1 aliphatic carbocycles. The van der Waals surface area contributed by atoms with E-state index in [1.807, 2.05) is 6.20 Å². The molecule has 6 nitrogen and oxygen atoms in total. The minimum atomic E-state index is -0.158. The second kappa shape index (κ2) is 7.05. The Balaban J connectivity index is 1.66. The highest BCUT2D eigenvalue weighted by molar-refractivity contribution is 5.75. The van der Waals surface area contributed by atoms with Gasteiger partial charge in [-0.3, -0.25) is 9.48 Å². The van der Waals surface area contributed by atoms with Gasteiger partial charge in [0, 0.05) is 12.7 Å². The van der Waals surface area contributed by atoms with Crippen LogP contribution in [0.5, 0.6) is 0 Å². The number of rotatable bonds is 6. The van der Waals surface area contributed by atoms with Gasteiger partial charge in [-0.05, 0) is 36.0 Å². The molecule has 0 spiro atoms. The molecule has 6 heteroatoms. The van der Waals surface area contributed by atoms with Crippen LogP contribution in [0.25, 0.3) is 0 Å². The highest BCUT2D eigenvalue weighted by Gasteiger charge is 2.29. The molecule has 0 aliphatic heterocycles. The summed E-state index contributed by atoms with van der Waals surface area (Å²) in [6, 6.07) is 6.74. The third kappa shape index (κ3) is 3.43. The first-order chi connectivity index (χ1) is 11.6. The van der Waals surface area contributed by atoms with Gasteiger partial charge < -0.3 is 15.7 Å². The molecule has 128 valence electrons. The molecular weight excluding hydrogens is 304 g/mol. The number of nitrogens with zero attached hydrogens (tertiary/aromatic N) is 2. The molecule has 3 N–H and O–H groups in total. The van der Waals surface area contributed by atoms with Crippen LogP contribution in [-0.2, 0) is 11.3 Å². The second-order valence-corrected chi connectivity index (χ2v) is 6.41. The summed E-state index contributed by atoms with van der Waals surface area (Å²) in [5.74, 6) is 0.382. The van der Waals surface area contributed by atoms with E-state index < -0.39 is 0 Å². The van der Waals surface area contributed by atoms with E-state index in [1.165, 1.54) is 16.7 Å². The van der Waals surface area contributed by atoms with Crippen molar-refractivity contribution in [3.8, 4) is 0 Å². The molecule has 1 heterocycles. The van der Waals surface area contributed by atoms with Gasteiger partial charge >= 0.3 is 0 Å². The van der Waals surface area contributed by atoms with Crippen LogP contribution in [0.1, 0.15) is 42.0 Å². The molecule has 3 rings (SSSR count). The van der Waals surface area contributed by atoms with E-state index in [9.17, 15) is 4.79 Å². The summed E-state index contributed by atoms with van der Waals surface area (Å²) >= 11 is 0. The number of aliphatic hydroxyl groups is 1. The molecule has 0 radical (unpaired) electrons. The van der Waals surface area contributed by atoms with Crippen LogP contribution in [0.4, 0.5) is 5.69 Å². The molecule has 2 aromatic rings. The van der Waals surface area contributed by atoms with Gasteiger partial charge in [0.1, 0.15) is 6.54 Å². The number of anilines is 1. The maximum atomic E-state index is 11.7. The zero-order valence-electron chi connectivity index (χ0n) is 14.1. The molecule has 1 amide bonds. The number of amides is 1. The standard InChI is InChI=1S/C18H24N4O2/c1-12-4-3-5-15-16(8-13(2)18(12)15)21-14-9-20-22(10-14)11-17(24)19-6-7-23/h3-5,9-10,13,16,21,23H,6-8,11H2,1-2H3,(H,19,24). The van der Waals surface area contributed by atoms with E-state index in [-0.39, 0.29) is 31.6 Å². The first kappa shape index (κ1) is 16.5. The molecule has 0 fully saturated rings.